The van der Waals surface area contributed by atoms with Gasteiger partial charge in [0.15, 0.2) is 0 Å². The fourth-order valence-electron chi connectivity index (χ4n) is 6.70. The van der Waals surface area contributed by atoms with Gasteiger partial charge in [0, 0.05) is 17.6 Å². The number of carboxylic acids is 1. The quantitative estimate of drug-likeness (QED) is 0.222. The van der Waals surface area contributed by atoms with Crippen LogP contribution in [0.4, 0.5) is 4.39 Å². The first-order valence-electron chi connectivity index (χ1n) is 14.3. The maximum Gasteiger partial charge on any atom is 0.308 e. The zero-order chi connectivity index (χ0) is 29.0. The summed E-state index contributed by atoms with van der Waals surface area (Å²) in [7, 11) is 0. The van der Waals surface area contributed by atoms with Crippen molar-refractivity contribution in [1.29, 1.82) is 0 Å². The molecule has 1 aliphatic heterocycles. The second kappa shape index (κ2) is 10.4. The zero-order valence-corrected chi connectivity index (χ0v) is 23.5. The van der Waals surface area contributed by atoms with E-state index in [1.54, 1.807) is 12.3 Å². The van der Waals surface area contributed by atoms with E-state index in [2.05, 4.69) is 10.3 Å². The lowest BCUT2D eigenvalue weighted by Crippen LogP contribution is -2.66. The molecule has 7 rings (SSSR count). The number of carbonyl (C=O) groups excluding carboxylic acids is 1. The SMILES string of the molecule is O=C(NC1C(C(=O)O)CC12CCC2)c1c(Cc2ccc(-c3ccc(OC4COC4)c(Cl)c3)cc2)cc(F)c2cc[nH]c12. The van der Waals surface area contributed by atoms with Crippen molar-refractivity contribution in [2.24, 2.45) is 11.3 Å². The van der Waals surface area contributed by atoms with Crippen LogP contribution in [-0.2, 0) is 16.0 Å². The van der Waals surface area contributed by atoms with Crippen LogP contribution < -0.4 is 10.1 Å². The molecule has 2 saturated carbocycles. The van der Waals surface area contributed by atoms with E-state index in [0.29, 0.717) is 58.9 Å². The molecule has 2 aliphatic carbocycles. The van der Waals surface area contributed by atoms with Crippen LogP contribution in [0.1, 0.15) is 47.2 Å². The van der Waals surface area contributed by atoms with Crippen LogP contribution in [0.5, 0.6) is 5.75 Å². The molecule has 0 bridgehead atoms. The van der Waals surface area contributed by atoms with E-state index in [9.17, 15) is 14.7 Å². The number of aromatic nitrogens is 1. The average Bonchev–Trinajstić information content (AvgIpc) is 3.39. The van der Waals surface area contributed by atoms with Gasteiger partial charge in [0.25, 0.3) is 5.91 Å². The van der Waals surface area contributed by atoms with Crippen molar-refractivity contribution < 1.29 is 28.6 Å². The van der Waals surface area contributed by atoms with Crippen LogP contribution in [0.25, 0.3) is 22.0 Å². The number of ether oxygens (including phenoxy) is 2. The highest BCUT2D eigenvalue weighted by Crippen LogP contribution is 2.58. The molecule has 7 nitrogen and oxygen atoms in total. The predicted molar refractivity (Wildman–Crippen MR) is 156 cm³/mol. The highest BCUT2D eigenvalue weighted by atomic mass is 35.5. The van der Waals surface area contributed by atoms with E-state index in [4.69, 9.17) is 21.1 Å². The molecule has 2 unspecified atom stereocenters. The number of aliphatic carboxylic acids is 1. The molecule has 1 aromatic heterocycles. The van der Waals surface area contributed by atoms with Gasteiger partial charge in [0.2, 0.25) is 0 Å². The molecular weight excluding hydrogens is 559 g/mol. The molecule has 42 heavy (non-hydrogen) atoms. The monoisotopic (exact) mass is 588 g/mol. The third kappa shape index (κ3) is 4.63. The first-order valence-corrected chi connectivity index (χ1v) is 14.6. The largest absolute Gasteiger partial charge is 0.484 e. The number of halogens is 2. The zero-order valence-electron chi connectivity index (χ0n) is 22.8. The van der Waals surface area contributed by atoms with Crippen molar-refractivity contribution in [1.82, 2.24) is 10.3 Å². The molecule has 1 amide bonds. The second-order valence-corrected chi connectivity index (χ2v) is 12.2. The number of carbonyl (C=O) groups is 2. The summed E-state index contributed by atoms with van der Waals surface area (Å²) in [6, 6.07) is 16.1. The highest BCUT2D eigenvalue weighted by molar-refractivity contribution is 6.32. The Hall–Kier alpha value is -3.88. The number of amides is 1. The van der Waals surface area contributed by atoms with Gasteiger partial charge in [-0.25, -0.2) is 4.39 Å². The van der Waals surface area contributed by atoms with Crippen molar-refractivity contribution in [3.05, 3.63) is 88.3 Å². The van der Waals surface area contributed by atoms with Gasteiger partial charge in [-0.15, -0.1) is 0 Å². The number of rotatable bonds is 8. The lowest BCUT2D eigenvalue weighted by molar-refractivity contribution is -0.159. The predicted octanol–water partition coefficient (Wildman–Crippen LogP) is 6.37. The maximum atomic E-state index is 15.1. The molecule has 3 fully saturated rings. The standard InChI is InChI=1S/C33H30ClFN2O5/c34-25-13-20(6-7-27(25)42-22-16-41-17-22)19-4-2-18(3-5-19)12-21-14-26(35)23-8-11-36-29(23)28(21)31(38)37-30-24(32(39)40)15-33(30)9-1-10-33/h2-8,11,13-14,22,24,30,36H,1,9-10,12,15-17H2,(H,37,38)(H,39,40). The minimum Gasteiger partial charge on any atom is -0.484 e. The molecule has 9 heteroatoms. The molecule has 1 saturated heterocycles. The minimum absolute atomic E-state index is 0.0290. The summed E-state index contributed by atoms with van der Waals surface area (Å²) >= 11 is 6.48. The van der Waals surface area contributed by atoms with Gasteiger partial charge in [0.1, 0.15) is 17.7 Å². The summed E-state index contributed by atoms with van der Waals surface area (Å²) in [5.41, 5.74) is 3.95. The van der Waals surface area contributed by atoms with Crippen LogP contribution in [0.3, 0.4) is 0 Å². The smallest absolute Gasteiger partial charge is 0.308 e. The Kier molecular flexibility index (Phi) is 6.71. The van der Waals surface area contributed by atoms with Gasteiger partial charge in [0.05, 0.1) is 35.2 Å². The lowest BCUT2D eigenvalue weighted by atomic mass is 9.48. The van der Waals surface area contributed by atoms with Crippen LogP contribution in [-0.4, -0.2) is 47.3 Å². The van der Waals surface area contributed by atoms with Crippen LogP contribution in [0.15, 0.2) is 60.8 Å². The van der Waals surface area contributed by atoms with Crippen LogP contribution >= 0.6 is 11.6 Å². The Labute approximate surface area is 247 Å². The summed E-state index contributed by atoms with van der Waals surface area (Å²) in [6.07, 6.45) is 5.42. The first-order chi connectivity index (χ1) is 20.3. The first kappa shape index (κ1) is 27.0. The fraction of sp³-hybridized carbons (Fsp3) is 0.333. The Morgan fingerprint density at radius 3 is 2.50 bits per heavy atom. The molecule has 4 aromatic rings. The Morgan fingerprint density at radius 1 is 1.10 bits per heavy atom. The topological polar surface area (TPSA) is 101 Å². The molecular formula is C33H30ClFN2O5. The van der Waals surface area contributed by atoms with Gasteiger partial charge < -0.3 is 24.9 Å². The average molecular weight is 589 g/mol. The van der Waals surface area contributed by atoms with Crippen LogP contribution in [0.2, 0.25) is 5.02 Å². The molecule has 3 N–H and O–H groups in total. The number of carboxylic acid groups (broad SMARTS) is 1. The van der Waals surface area contributed by atoms with Crippen molar-refractivity contribution in [2.75, 3.05) is 13.2 Å². The van der Waals surface area contributed by atoms with E-state index in [-0.39, 0.29) is 17.4 Å². The van der Waals surface area contributed by atoms with E-state index >= 15 is 4.39 Å². The van der Waals surface area contributed by atoms with Crippen molar-refractivity contribution in [2.45, 2.75) is 44.2 Å². The number of H-pyrrole nitrogens is 1. The Morgan fingerprint density at radius 2 is 1.86 bits per heavy atom. The molecule has 1 spiro atoms. The fourth-order valence-corrected chi connectivity index (χ4v) is 6.93. The minimum atomic E-state index is -0.890. The second-order valence-electron chi connectivity index (χ2n) is 11.8. The van der Waals surface area contributed by atoms with Gasteiger partial charge in [-0.3, -0.25) is 9.59 Å². The highest BCUT2D eigenvalue weighted by Gasteiger charge is 2.60. The molecule has 216 valence electrons. The van der Waals surface area contributed by atoms with Gasteiger partial charge in [-0.05, 0) is 77.6 Å². The Bertz CT molecular complexity index is 1690. The normalized spacial score (nSPS) is 20.9. The number of hydrogen-bond donors (Lipinski definition) is 3. The number of hydrogen-bond acceptors (Lipinski definition) is 4. The van der Waals surface area contributed by atoms with Gasteiger partial charge in [-0.2, -0.15) is 0 Å². The summed E-state index contributed by atoms with van der Waals surface area (Å²) in [6.45, 7) is 1.13. The van der Waals surface area contributed by atoms with E-state index in [1.165, 1.54) is 6.07 Å². The number of aromatic amines is 1. The van der Waals surface area contributed by atoms with Crippen LogP contribution in [0, 0.1) is 17.2 Å². The molecule has 3 aliphatic rings. The summed E-state index contributed by atoms with van der Waals surface area (Å²) in [5, 5.41) is 13.6. The number of fused-ring (bicyclic) bond motifs is 1. The summed E-state index contributed by atoms with van der Waals surface area (Å²) in [5.74, 6) is -1.66. The summed E-state index contributed by atoms with van der Waals surface area (Å²) < 4.78 is 26.1. The van der Waals surface area contributed by atoms with E-state index < -0.39 is 23.7 Å². The van der Waals surface area contributed by atoms with Crippen molar-refractivity contribution >= 4 is 34.4 Å². The third-order valence-corrected chi connectivity index (χ3v) is 9.56. The maximum absolute atomic E-state index is 15.1. The number of benzene rings is 3. The molecule has 2 heterocycles. The Balaban J connectivity index is 1.14. The summed E-state index contributed by atoms with van der Waals surface area (Å²) in [4.78, 5) is 28.7. The third-order valence-electron chi connectivity index (χ3n) is 9.26. The van der Waals surface area contributed by atoms with Crippen molar-refractivity contribution in [3.8, 4) is 16.9 Å². The van der Waals surface area contributed by atoms with Gasteiger partial charge in [-0.1, -0.05) is 48.4 Å². The van der Waals surface area contributed by atoms with E-state index in [0.717, 1.165) is 36.0 Å². The number of nitrogens with one attached hydrogen (secondary N) is 2. The van der Waals surface area contributed by atoms with E-state index in [1.807, 2.05) is 42.5 Å². The lowest BCUT2D eigenvalue weighted by Gasteiger charge is -2.59. The molecule has 2 atom stereocenters. The molecule has 0 radical (unpaired) electrons. The van der Waals surface area contributed by atoms with Gasteiger partial charge >= 0.3 is 5.97 Å². The van der Waals surface area contributed by atoms with Crippen molar-refractivity contribution in [3.63, 3.8) is 0 Å². The molecule has 3 aromatic carbocycles.